The van der Waals surface area contributed by atoms with Gasteiger partial charge in [0.05, 0.1) is 11.3 Å². The van der Waals surface area contributed by atoms with Crippen LogP contribution in [0.15, 0.2) is 22.7 Å². The molecule has 1 aliphatic rings. The quantitative estimate of drug-likeness (QED) is 0.785. The third kappa shape index (κ3) is 3.50. The summed E-state index contributed by atoms with van der Waals surface area (Å²) < 4.78 is 0.655. The van der Waals surface area contributed by atoms with Gasteiger partial charge >= 0.3 is 12.0 Å². The van der Waals surface area contributed by atoms with Crippen molar-refractivity contribution >= 4 is 33.6 Å². The minimum Gasteiger partial charge on any atom is -0.478 e. The van der Waals surface area contributed by atoms with Gasteiger partial charge in [-0.05, 0) is 36.5 Å². The number of urea groups is 1. The maximum Gasteiger partial charge on any atom is 0.337 e. The molecule has 0 unspecified atom stereocenters. The predicted molar refractivity (Wildman–Crippen MR) is 80.1 cm³/mol. The number of nitrogens with one attached hydrogen (secondary N) is 2. The van der Waals surface area contributed by atoms with Crippen molar-refractivity contribution in [2.75, 3.05) is 11.9 Å². The number of benzene rings is 1. The summed E-state index contributed by atoms with van der Waals surface area (Å²) in [5.41, 5.74) is 0.536. The first-order chi connectivity index (χ1) is 9.39. The van der Waals surface area contributed by atoms with E-state index in [1.807, 2.05) is 0 Å². The van der Waals surface area contributed by atoms with E-state index in [0.29, 0.717) is 11.0 Å². The molecule has 1 fully saturated rings. The van der Waals surface area contributed by atoms with E-state index in [-0.39, 0.29) is 22.7 Å². The predicted octanol–water partition coefficient (Wildman–Crippen LogP) is 3.46. The topological polar surface area (TPSA) is 78.4 Å². The van der Waals surface area contributed by atoms with E-state index in [9.17, 15) is 9.59 Å². The molecule has 3 N–H and O–H groups in total. The Morgan fingerprint density at radius 2 is 2.10 bits per heavy atom. The highest BCUT2D eigenvalue weighted by Gasteiger charge is 2.31. The van der Waals surface area contributed by atoms with Crippen molar-refractivity contribution in [1.82, 2.24) is 5.32 Å². The molecule has 0 bridgehead atoms. The second kappa shape index (κ2) is 5.83. The lowest BCUT2D eigenvalue weighted by Crippen LogP contribution is -2.41. The average molecular weight is 341 g/mol. The van der Waals surface area contributed by atoms with Crippen molar-refractivity contribution in [3.63, 3.8) is 0 Å². The lowest BCUT2D eigenvalue weighted by Gasteiger charge is -2.38. The van der Waals surface area contributed by atoms with Crippen LogP contribution in [-0.4, -0.2) is 23.7 Å². The molecule has 1 aliphatic carbocycles. The first kappa shape index (κ1) is 14.8. The summed E-state index contributed by atoms with van der Waals surface area (Å²) in [6, 6.07) is 4.35. The molecule has 5 nitrogen and oxygen atoms in total. The van der Waals surface area contributed by atoms with Gasteiger partial charge in [-0.3, -0.25) is 0 Å². The highest BCUT2D eigenvalue weighted by Crippen LogP contribution is 2.39. The molecule has 0 aliphatic heterocycles. The van der Waals surface area contributed by atoms with Gasteiger partial charge in [-0.15, -0.1) is 0 Å². The summed E-state index contributed by atoms with van der Waals surface area (Å²) in [5, 5.41) is 14.5. The number of hydrogen-bond donors (Lipinski definition) is 3. The van der Waals surface area contributed by atoms with Gasteiger partial charge < -0.3 is 15.7 Å². The summed E-state index contributed by atoms with van der Waals surface area (Å²) in [4.78, 5) is 23.0. The Bertz CT molecular complexity index is 541. The summed E-state index contributed by atoms with van der Waals surface area (Å²) in [7, 11) is 0. The third-order valence-corrected chi connectivity index (χ3v) is 4.19. The number of carbonyl (C=O) groups excluding carboxylic acids is 1. The van der Waals surface area contributed by atoms with E-state index in [1.165, 1.54) is 12.5 Å². The van der Waals surface area contributed by atoms with Crippen LogP contribution < -0.4 is 10.6 Å². The monoisotopic (exact) mass is 340 g/mol. The zero-order chi connectivity index (χ0) is 14.8. The second-order valence-electron chi connectivity index (χ2n) is 5.47. The van der Waals surface area contributed by atoms with Crippen LogP contribution in [0.4, 0.5) is 10.5 Å². The molecule has 2 rings (SSSR count). The zero-order valence-corrected chi connectivity index (χ0v) is 12.8. The lowest BCUT2D eigenvalue weighted by molar-refractivity contribution is 0.0698. The van der Waals surface area contributed by atoms with Crippen molar-refractivity contribution in [1.29, 1.82) is 0 Å². The summed E-state index contributed by atoms with van der Waals surface area (Å²) in [6.07, 6.45) is 3.44. The van der Waals surface area contributed by atoms with Crippen molar-refractivity contribution < 1.29 is 14.7 Å². The first-order valence-corrected chi connectivity index (χ1v) is 7.27. The molecule has 108 valence electrons. The van der Waals surface area contributed by atoms with E-state index in [2.05, 4.69) is 33.5 Å². The van der Waals surface area contributed by atoms with E-state index in [4.69, 9.17) is 5.11 Å². The molecule has 20 heavy (non-hydrogen) atoms. The second-order valence-corrected chi connectivity index (χ2v) is 6.38. The Morgan fingerprint density at radius 3 is 2.65 bits per heavy atom. The largest absolute Gasteiger partial charge is 0.478 e. The van der Waals surface area contributed by atoms with Crippen LogP contribution >= 0.6 is 15.9 Å². The van der Waals surface area contributed by atoms with Gasteiger partial charge in [0.1, 0.15) is 0 Å². The molecular weight excluding hydrogens is 324 g/mol. The normalized spacial score (nSPS) is 16.1. The van der Waals surface area contributed by atoms with Crippen LogP contribution in [0.3, 0.4) is 0 Å². The maximum atomic E-state index is 11.8. The minimum atomic E-state index is -1.08. The zero-order valence-electron chi connectivity index (χ0n) is 11.2. The first-order valence-electron chi connectivity index (χ1n) is 6.47. The number of carboxylic acids is 1. The Balaban J connectivity index is 1.98. The van der Waals surface area contributed by atoms with Crippen molar-refractivity contribution in [2.45, 2.75) is 26.2 Å². The lowest BCUT2D eigenvalue weighted by atomic mass is 9.70. The molecule has 1 aromatic carbocycles. The Kier molecular flexibility index (Phi) is 4.32. The Morgan fingerprint density at radius 1 is 1.40 bits per heavy atom. The Labute approximate surface area is 125 Å². The van der Waals surface area contributed by atoms with E-state index in [1.54, 1.807) is 12.1 Å². The summed E-state index contributed by atoms with van der Waals surface area (Å²) in [6.45, 7) is 2.75. The van der Waals surface area contributed by atoms with E-state index in [0.717, 1.165) is 12.8 Å². The van der Waals surface area contributed by atoms with Gasteiger partial charge in [0.15, 0.2) is 0 Å². The van der Waals surface area contributed by atoms with Gasteiger partial charge in [-0.2, -0.15) is 0 Å². The van der Waals surface area contributed by atoms with Gasteiger partial charge in [0.25, 0.3) is 0 Å². The highest BCUT2D eigenvalue weighted by molar-refractivity contribution is 9.10. The minimum absolute atomic E-state index is 0.0596. The van der Waals surface area contributed by atoms with Crippen molar-refractivity contribution in [3.8, 4) is 0 Å². The number of aromatic carboxylic acids is 1. The molecule has 0 radical (unpaired) electrons. The number of carbonyl (C=O) groups is 2. The smallest absolute Gasteiger partial charge is 0.337 e. The molecule has 0 saturated heterocycles. The van der Waals surface area contributed by atoms with Crippen LogP contribution in [0.5, 0.6) is 0 Å². The standard InChI is InChI=1S/C14H17BrN2O3/c1-14(5-2-6-14)8-16-13(20)17-11-4-3-9(15)7-10(11)12(18)19/h3-4,7H,2,5-6,8H2,1H3,(H,18,19)(H2,16,17,20). The number of hydrogen-bond acceptors (Lipinski definition) is 2. The van der Waals surface area contributed by atoms with E-state index >= 15 is 0 Å². The molecule has 0 aromatic heterocycles. The van der Waals surface area contributed by atoms with Gasteiger partial charge in [0.2, 0.25) is 0 Å². The molecule has 6 heteroatoms. The van der Waals surface area contributed by atoms with Crippen LogP contribution in [0.1, 0.15) is 36.5 Å². The molecular formula is C14H17BrN2O3. The number of carboxylic acid groups (broad SMARTS) is 1. The summed E-state index contributed by atoms with van der Waals surface area (Å²) in [5.74, 6) is -1.08. The highest BCUT2D eigenvalue weighted by atomic mass is 79.9. The molecule has 0 heterocycles. The number of amides is 2. The average Bonchev–Trinajstić information content (AvgIpc) is 2.36. The van der Waals surface area contributed by atoms with E-state index < -0.39 is 5.97 Å². The van der Waals surface area contributed by atoms with Gasteiger partial charge in [-0.25, -0.2) is 9.59 Å². The number of anilines is 1. The van der Waals surface area contributed by atoms with Crippen molar-refractivity contribution in [2.24, 2.45) is 5.41 Å². The van der Waals surface area contributed by atoms with Crippen LogP contribution in [0, 0.1) is 5.41 Å². The fraction of sp³-hybridized carbons (Fsp3) is 0.429. The van der Waals surface area contributed by atoms with Gasteiger partial charge in [-0.1, -0.05) is 29.3 Å². The Hall–Kier alpha value is -1.56. The van der Waals surface area contributed by atoms with Crippen LogP contribution in [0.2, 0.25) is 0 Å². The molecule has 1 saturated carbocycles. The number of rotatable bonds is 4. The fourth-order valence-electron chi connectivity index (χ4n) is 2.22. The molecule has 2 amide bonds. The van der Waals surface area contributed by atoms with Crippen LogP contribution in [0.25, 0.3) is 0 Å². The SMILES string of the molecule is CC1(CNC(=O)Nc2ccc(Br)cc2C(=O)O)CCC1. The number of halogens is 1. The molecule has 1 aromatic rings. The van der Waals surface area contributed by atoms with Crippen molar-refractivity contribution in [3.05, 3.63) is 28.2 Å². The fourth-order valence-corrected chi connectivity index (χ4v) is 2.58. The third-order valence-electron chi connectivity index (χ3n) is 3.70. The van der Waals surface area contributed by atoms with Gasteiger partial charge in [0, 0.05) is 11.0 Å². The van der Waals surface area contributed by atoms with Crippen LogP contribution in [-0.2, 0) is 0 Å². The molecule has 0 atom stereocenters. The maximum absolute atomic E-state index is 11.8. The molecule has 0 spiro atoms. The summed E-state index contributed by atoms with van der Waals surface area (Å²) >= 11 is 3.21.